The van der Waals surface area contributed by atoms with Crippen molar-refractivity contribution in [1.29, 1.82) is 0 Å². The van der Waals surface area contributed by atoms with E-state index in [1.54, 1.807) is 12.3 Å². The zero-order chi connectivity index (χ0) is 45.6. The van der Waals surface area contributed by atoms with Gasteiger partial charge in [0.15, 0.2) is 6.10 Å². The lowest BCUT2D eigenvalue weighted by molar-refractivity contribution is -0.150. The van der Waals surface area contributed by atoms with Crippen molar-refractivity contribution in [2.75, 3.05) is 13.6 Å². The van der Waals surface area contributed by atoms with Gasteiger partial charge in [0.05, 0.1) is 12.0 Å². The number of carboxylic acid groups (broad SMARTS) is 1. The minimum absolute atomic E-state index is 0.116. The van der Waals surface area contributed by atoms with Gasteiger partial charge >= 0.3 is 11.9 Å². The van der Waals surface area contributed by atoms with E-state index >= 15 is 4.79 Å². The van der Waals surface area contributed by atoms with Gasteiger partial charge in [-0.2, -0.15) is 0 Å². The molecule has 1 aliphatic heterocycles. The Morgan fingerprint density at radius 1 is 0.873 bits per heavy atom. The van der Waals surface area contributed by atoms with Crippen molar-refractivity contribution in [2.24, 2.45) is 17.8 Å². The Hall–Kier alpha value is -5.40. The first-order valence-electron chi connectivity index (χ1n) is 22.3. The lowest BCUT2D eigenvalue weighted by Gasteiger charge is -2.40. The van der Waals surface area contributed by atoms with Crippen LogP contribution in [-0.4, -0.2) is 87.3 Å². The first-order valence-corrected chi connectivity index (χ1v) is 23.2. The number of likely N-dealkylation sites (N-methyl/N-ethyl adjacent to an activating group) is 1. The van der Waals surface area contributed by atoms with Crippen molar-refractivity contribution in [1.82, 2.24) is 25.4 Å². The zero-order valence-corrected chi connectivity index (χ0v) is 38.6. The molecule has 338 valence electrons. The topological polar surface area (TPSA) is 158 Å². The molecular formula is C50H65N5O7S. The molecule has 13 heteroatoms. The summed E-state index contributed by atoms with van der Waals surface area (Å²) in [7, 11) is 1.95. The van der Waals surface area contributed by atoms with Crippen LogP contribution in [0.4, 0.5) is 0 Å². The molecule has 0 unspecified atom stereocenters. The molecule has 0 bridgehead atoms. The van der Waals surface area contributed by atoms with Crippen LogP contribution in [-0.2, 0) is 36.9 Å². The maximum absolute atomic E-state index is 15.0. The van der Waals surface area contributed by atoms with E-state index in [9.17, 15) is 24.3 Å². The summed E-state index contributed by atoms with van der Waals surface area (Å²) in [5, 5.41) is 18.0. The van der Waals surface area contributed by atoms with Gasteiger partial charge in [0.2, 0.25) is 11.8 Å². The molecule has 4 aromatic rings. The number of aromatic nitrogens is 1. The monoisotopic (exact) mass is 879 g/mol. The number of piperidine rings is 1. The number of benzene rings is 3. The van der Waals surface area contributed by atoms with Gasteiger partial charge in [-0.05, 0) is 73.4 Å². The van der Waals surface area contributed by atoms with Crippen molar-refractivity contribution in [3.05, 3.63) is 112 Å². The fourth-order valence-corrected chi connectivity index (χ4v) is 9.14. The molecule has 0 aliphatic carbocycles. The highest BCUT2D eigenvalue weighted by Crippen LogP contribution is 2.33. The van der Waals surface area contributed by atoms with Gasteiger partial charge in [-0.25, -0.2) is 4.98 Å². The third-order valence-corrected chi connectivity index (χ3v) is 13.2. The number of carboxylic acids is 1. The summed E-state index contributed by atoms with van der Waals surface area (Å²) >= 11 is 1.19. The third kappa shape index (κ3) is 13.8. The molecule has 3 amide bonds. The second kappa shape index (κ2) is 23.3. The van der Waals surface area contributed by atoms with E-state index < -0.39 is 48.0 Å². The van der Waals surface area contributed by atoms with Crippen molar-refractivity contribution >= 4 is 41.0 Å². The Kier molecular flexibility index (Phi) is 18.0. The molecule has 1 aromatic heterocycles. The molecule has 7 atom stereocenters. The van der Waals surface area contributed by atoms with E-state index in [0.717, 1.165) is 48.1 Å². The molecule has 3 N–H and O–H groups in total. The van der Waals surface area contributed by atoms with Crippen molar-refractivity contribution < 1.29 is 33.8 Å². The Morgan fingerprint density at radius 3 is 2.13 bits per heavy atom. The van der Waals surface area contributed by atoms with Crippen LogP contribution >= 0.6 is 11.3 Å². The number of rotatable bonds is 21. The summed E-state index contributed by atoms with van der Waals surface area (Å²) in [6, 6.07) is 25.6. The Balaban J connectivity index is 1.40. The van der Waals surface area contributed by atoms with Crippen molar-refractivity contribution in [3.8, 4) is 11.1 Å². The largest absolute Gasteiger partial charge is 0.481 e. The van der Waals surface area contributed by atoms with Crippen LogP contribution in [0.25, 0.3) is 11.1 Å². The van der Waals surface area contributed by atoms with Gasteiger partial charge in [-0.15, -0.1) is 11.3 Å². The van der Waals surface area contributed by atoms with Gasteiger partial charge in [0, 0.05) is 37.4 Å². The number of carbonyl (C=O) groups excluding carboxylic acids is 4. The molecule has 5 rings (SSSR count). The van der Waals surface area contributed by atoms with E-state index in [1.807, 2.05) is 125 Å². The summed E-state index contributed by atoms with van der Waals surface area (Å²) in [6.45, 7) is 12.1. The van der Waals surface area contributed by atoms with E-state index in [0.29, 0.717) is 17.8 Å². The highest BCUT2D eigenvalue weighted by atomic mass is 32.1. The number of hydrogen-bond donors (Lipinski definition) is 3. The van der Waals surface area contributed by atoms with E-state index in [1.165, 1.54) is 18.3 Å². The number of aliphatic carboxylic acids is 1. The third-order valence-electron chi connectivity index (χ3n) is 12.2. The molecule has 0 radical (unpaired) electrons. The fourth-order valence-electron chi connectivity index (χ4n) is 8.30. The van der Waals surface area contributed by atoms with Gasteiger partial charge in [-0.3, -0.25) is 28.9 Å². The van der Waals surface area contributed by atoms with Gasteiger partial charge in [0.1, 0.15) is 16.7 Å². The summed E-state index contributed by atoms with van der Waals surface area (Å²) in [5.74, 6) is -3.32. The lowest BCUT2D eigenvalue weighted by Crippen LogP contribution is -2.58. The maximum atomic E-state index is 15.0. The molecule has 63 heavy (non-hydrogen) atoms. The van der Waals surface area contributed by atoms with Crippen LogP contribution in [0.15, 0.2) is 90.3 Å². The molecule has 1 saturated heterocycles. The number of ether oxygens (including phenoxy) is 1. The number of hydrogen-bond acceptors (Lipinski definition) is 9. The second-order valence-electron chi connectivity index (χ2n) is 17.4. The number of esters is 1. The number of thiazole rings is 1. The number of nitrogens with zero attached hydrogens (tertiary/aromatic N) is 3. The average Bonchev–Trinajstić information content (AvgIpc) is 3.77. The Labute approximate surface area is 376 Å². The van der Waals surface area contributed by atoms with Crippen LogP contribution in [0.5, 0.6) is 0 Å². The summed E-state index contributed by atoms with van der Waals surface area (Å²) in [4.78, 5) is 76.0. The Bertz CT molecular complexity index is 2110. The highest BCUT2D eigenvalue weighted by Gasteiger charge is 2.39. The first kappa shape index (κ1) is 48.6. The van der Waals surface area contributed by atoms with Crippen LogP contribution in [0, 0.1) is 17.8 Å². The predicted octanol–water partition coefficient (Wildman–Crippen LogP) is 8.32. The fraction of sp³-hybridized carbons (Fsp3) is 0.480. The summed E-state index contributed by atoms with van der Waals surface area (Å²) in [5.41, 5.74) is 4.10. The van der Waals surface area contributed by atoms with Gasteiger partial charge < -0.3 is 25.4 Å². The van der Waals surface area contributed by atoms with E-state index in [4.69, 9.17) is 9.72 Å². The average molecular weight is 880 g/mol. The normalized spacial score (nSPS) is 17.1. The van der Waals surface area contributed by atoms with Crippen LogP contribution in [0.1, 0.15) is 113 Å². The maximum Gasteiger partial charge on any atom is 0.306 e. The second-order valence-corrected chi connectivity index (χ2v) is 18.3. The number of amides is 3. The number of likely N-dealkylation sites (tertiary alicyclic amines) is 1. The minimum Gasteiger partial charge on any atom is -0.481 e. The Morgan fingerprint density at radius 2 is 1.52 bits per heavy atom. The molecular weight excluding hydrogens is 815 g/mol. The van der Waals surface area contributed by atoms with Crippen LogP contribution in [0.2, 0.25) is 0 Å². The first-order chi connectivity index (χ1) is 30.1. The SMILES string of the molecule is CC[C@H](C)[C@H](NC(=O)[C@H]1CCCCN1C)C(=O)N(Cc1ccccc1)[C@H](C[C@@H](OC(C)=O)c1nc(C(=O)N[C@@H](Cc2ccc(-c3ccccc3)cc2)C[C@H](C)C(=O)O)cs1)C(C)C. The van der Waals surface area contributed by atoms with Gasteiger partial charge in [0.25, 0.3) is 5.91 Å². The molecule has 0 saturated carbocycles. The zero-order valence-electron chi connectivity index (χ0n) is 37.8. The minimum atomic E-state index is -0.956. The summed E-state index contributed by atoms with van der Waals surface area (Å²) in [6.07, 6.45) is 3.27. The van der Waals surface area contributed by atoms with Crippen molar-refractivity contribution in [3.63, 3.8) is 0 Å². The number of carbonyl (C=O) groups is 5. The van der Waals surface area contributed by atoms with E-state index in [-0.39, 0.29) is 54.8 Å². The van der Waals surface area contributed by atoms with E-state index in [2.05, 4.69) is 15.5 Å². The molecule has 1 aliphatic rings. The predicted molar refractivity (Wildman–Crippen MR) is 247 cm³/mol. The molecule has 2 heterocycles. The smallest absolute Gasteiger partial charge is 0.306 e. The molecule has 0 spiro atoms. The molecule has 12 nitrogen and oxygen atoms in total. The molecule has 1 fully saturated rings. The highest BCUT2D eigenvalue weighted by molar-refractivity contribution is 7.09. The quantitative estimate of drug-likeness (QED) is 0.0700. The van der Waals surface area contributed by atoms with Crippen LogP contribution < -0.4 is 10.6 Å². The number of nitrogens with one attached hydrogen (secondary N) is 2. The standard InChI is InChI=1S/C50H65N5O7S/c1-8-33(4)45(53-47(58)42-21-15-16-26-54(42)7)49(59)55(30-37-17-11-9-12-18-37)43(32(2)3)29-44(62-35(6)56)48-52-41(31-63-48)46(57)51-40(27-34(5)50(60)61)28-36-22-24-39(25-23-36)38-19-13-10-14-20-38/h9-14,17-20,22-25,31-34,40,42-45H,8,15-16,21,26-30H2,1-7H3,(H,51,57)(H,53,58)(H,60,61)/t33-,34-,40+,42+,43+,44+,45-/m0/s1. The van der Waals surface area contributed by atoms with Gasteiger partial charge in [-0.1, -0.05) is 132 Å². The van der Waals surface area contributed by atoms with Crippen molar-refractivity contribution in [2.45, 2.75) is 123 Å². The van der Waals surface area contributed by atoms with Crippen LogP contribution in [0.3, 0.4) is 0 Å². The molecule has 3 aromatic carbocycles. The lowest BCUT2D eigenvalue weighted by atomic mass is 9.91. The summed E-state index contributed by atoms with van der Waals surface area (Å²) < 4.78 is 5.95.